The van der Waals surface area contributed by atoms with Gasteiger partial charge in [-0.15, -0.1) is 0 Å². The lowest BCUT2D eigenvalue weighted by atomic mass is 9.97. The van der Waals surface area contributed by atoms with Crippen molar-refractivity contribution in [3.8, 4) is 5.75 Å². The van der Waals surface area contributed by atoms with Crippen LogP contribution in [0.4, 0.5) is 4.39 Å². The second kappa shape index (κ2) is 6.23. The fraction of sp³-hybridized carbons (Fsp3) is 0.190. The molecule has 0 unspecified atom stereocenters. The lowest BCUT2D eigenvalue weighted by molar-refractivity contribution is -0.0192. The van der Waals surface area contributed by atoms with Gasteiger partial charge in [-0.2, -0.15) is 5.10 Å². The molecule has 0 N–H and O–H groups in total. The highest BCUT2D eigenvalue weighted by Gasteiger charge is 2.41. The Hall–Kier alpha value is -2.60. The van der Waals surface area contributed by atoms with Gasteiger partial charge in [0.05, 0.1) is 6.04 Å². The van der Waals surface area contributed by atoms with Crippen molar-refractivity contribution in [2.24, 2.45) is 5.10 Å². The predicted octanol–water partition coefficient (Wildman–Crippen LogP) is 5.73. The Morgan fingerprint density at radius 2 is 2.04 bits per heavy atom. The topological polar surface area (TPSA) is 38.0 Å². The van der Waals surface area contributed by atoms with Gasteiger partial charge in [0, 0.05) is 22.0 Å². The average molecular weight is 427 g/mol. The minimum atomic E-state index is -0.493. The van der Waals surface area contributed by atoms with Gasteiger partial charge < -0.3 is 9.15 Å². The number of hydrogen-bond donors (Lipinski definition) is 0. The zero-order valence-corrected chi connectivity index (χ0v) is 16.1. The number of aryl methyl sites for hydroxylation is 1. The van der Waals surface area contributed by atoms with Gasteiger partial charge >= 0.3 is 0 Å². The summed E-state index contributed by atoms with van der Waals surface area (Å²) in [6.45, 7) is 1.91. The molecule has 0 saturated carbocycles. The van der Waals surface area contributed by atoms with Crippen molar-refractivity contribution >= 4 is 21.6 Å². The van der Waals surface area contributed by atoms with E-state index in [1.54, 1.807) is 6.07 Å². The van der Waals surface area contributed by atoms with E-state index in [1.807, 2.05) is 42.3 Å². The molecule has 136 valence electrons. The van der Waals surface area contributed by atoms with Gasteiger partial charge in [-0.1, -0.05) is 28.1 Å². The molecule has 0 bridgehead atoms. The number of fused-ring (bicyclic) bond motifs is 3. The van der Waals surface area contributed by atoms with Crippen LogP contribution in [0.15, 0.2) is 68.6 Å². The first-order valence-electron chi connectivity index (χ1n) is 8.73. The molecule has 3 heterocycles. The van der Waals surface area contributed by atoms with Crippen LogP contribution in [0, 0.1) is 12.7 Å². The van der Waals surface area contributed by atoms with E-state index in [0.29, 0.717) is 6.42 Å². The molecule has 0 amide bonds. The average Bonchev–Trinajstić information content (AvgIpc) is 3.27. The molecular formula is C21H16BrFN2O2. The molecule has 4 nitrogen and oxygen atoms in total. The number of furan rings is 1. The summed E-state index contributed by atoms with van der Waals surface area (Å²) < 4.78 is 26.8. The number of rotatable bonds is 2. The monoisotopic (exact) mass is 426 g/mol. The van der Waals surface area contributed by atoms with E-state index < -0.39 is 6.23 Å². The van der Waals surface area contributed by atoms with Crippen molar-refractivity contribution in [2.45, 2.75) is 25.6 Å². The Morgan fingerprint density at radius 3 is 2.81 bits per heavy atom. The van der Waals surface area contributed by atoms with Gasteiger partial charge in [-0.05, 0) is 49.4 Å². The Balaban J connectivity index is 1.62. The predicted molar refractivity (Wildman–Crippen MR) is 103 cm³/mol. The molecule has 1 aromatic heterocycles. The van der Waals surface area contributed by atoms with Crippen molar-refractivity contribution in [1.29, 1.82) is 0 Å². The Kier molecular flexibility index (Phi) is 3.82. The molecule has 0 radical (unpaired) electrons. The van der Waals surface area contributed by atoms with Crippen LogP contribution in [0.1, 0.15) is 41.3 Å². The molecular weight excluding hydrogens is 411 g/mol. The molecule has 0 aliphatic carbocycles. The highest BCUT2D eigenvalue weighted by Crippen LogP contribution is 2.48. The summed E-state index contributed by atoms with van der Waals surface area (Å²) in [6.07, 6.45) is 0.207. The van der Waals surface area contributed by atoms with Crippen LogP contribution in [-0.4, -0.2) is 10.7 Å². The summed E-state index contributed by atoms with van der Waals surface area (Å²) in [5, 5.41) is 6.72. The molecule has 0 fully saturated rings. The smallest absolute Gasteiger partial charge is 0.213 e. The summed E-state index contributed by atoms with van der Waals surface area (Å²) >= 11 is 3.54. The highest BCUT2D eigenvalue weighted by atomic mass is 79.9. The second-order valence-electron chi connectivity index (χ2n) is 6.76. The highest BCUT2D eigenvalue weighted by molar-refractivity contribution is 9.10. The summed E-state index contributed by atoms with van der Waals surface area (Å²) in [7, 11) is 0. The number of hydrogen-bond acceptors (Lipinski definition) is 4. The number of benzene rings is 2. The van der Waals surface area contributed by atoms with E-state index in [-0.39, 0.29) is 11.9 Å². The van der Waals surface area contributed by atoms with Crippen LogP contribution in [0.25, 0.3) is 0 Å². The van der Waals surface area contributed by atoms with E-state index in [9.17, 15) is 4.39 Å². The first-order valence-corrected chi connectivity index (χ1v) is 9.52. The molecule has 0 spiro atoms. The first kappa shape index (κ1) is 16.6. The van der Waals surface area contributed by atoms with Crippen molar-refractivity contribution in [3.05, 3.63) is 87.5 Å². The van der Waals surface area contributed by atoms with E-state index in [2.05, 4.69) is 22.0 Å². The normalized spacial score (nSPS) is 20.7. The number of halogens is 2. The van der Waals surface area contributed by atoms with Gasteiger partial charge in [0.2, 0.25) is 6.23 Å². The third kappa shape index (κ3) is 2.84. The molecule has 2 atom stereocenters. The minimum Gasteiger partial charge on any atom is -0.464 e. The number of nitrogens with zero attached hydrogens (tertiary/aromatic N) is 2. The lowest BCUT2D eigenvalue weighted by Crippen LogP contribution is -2.33. The van der Waals surface area contributed by atoms with Crippen LogP contribution < -0.4 is 4.74 Å². The largest absolute Gasteiger partial charge is 0.464 e. The number of ether oxygens (including phenoxy) is 1. The molecule has 2 aliphatic rings. The van der Waals surface area contributed by atoms with Gasteiger partial charge in [0.25, 0.3) is 0 Å². The maximum Gasteiger partial charge on any atom is 0.213 e. The van der Waals surface area contributed by atoms with E-state index >= 15 is 0 Å². The van der Waals surface area contributed by atoms with Crippen LogP contribution >= 0.6 is 15.9 Å². The maximum atomic E-state index is 13.8. The molecule has 27 heavy (non-hydrogen) atoms. The molecule has 0 saturated heterocycles. The summed E-state index contributed by atoms with van der Waals surface area (Å²) in [5.74, 6) is 2.11. The third-order valence-corrected chi connectivity index (χ3v) is 5.40. The molecule has 5 rings (SSSR count). The standard InChI is InChI=1S/C21H16BrFN2O2/c1-12-5-7-20(26-12)17-11-18-16-10-14(22)6-8-19(16)27-21(25(18)24-17)13-3-2-4-15(23)9-13/h2-10,18,21H,11H2,1H3/t18-,21+/m1/s1. The zero-order valence-electron chi connectivity index (χ0n) is 14.5. The quantitative estimate of drug-likeness (QED) is 0.524. The minimum absolute atomic E-state index is 0.0000709. The SMILES string of the molecule is Cc1ccc(C2=NN3[C@H](C2)c2cc(Br)ccc2O[C@H]3c2cccc(F)c2)o1. The summed E-state index contributed by atoms with van der Waals surface area (Å²) in [4.78, 5) is 0. The fourth-order valence-electron chi connectivity index (χ4n) is 3.68. The van der Waals surface area contributed by atoms with Gasteiger partial charge in [-0.3, -0.25) is 0 Å². The molecule has 3 aromatic rings. The zero-order chi connectivity index (χ0) is 18.5. The Bertz CT molecular complexity index is 1060. The van der Waals surface area contributed by atoms with Crippen LogP contribution in [0.2, 0.25) is 0 Å². The van der Waals surface area contributed by atoms with Crippen molar-refractivity contribution in [3.63, 3.8) is 0 Å². The molecule has 2 aromatic carbocycles. The lowest BCUT2D eigenvalue weighted by Gasteiger charge is -2.38. The van der Waals surface area contributed by atoms with Crippen LogP contribution in [-0.2, 0) is 0 Å². The second-order valence-corrected chi connectivity index (χ2v) is 7.68. The maximum absolute atomic E-state index is 13.8. The van der Waals surface area contributed by atoms with E-state index in [1.165, 1.54) is 12.1 Å². The molecule has 6 heteroatoms. The van der Waals surface area contributed by atoms with Crippen molar-refractivity contribution in [1.82, 2.24) is 5.01 Å². The van der Waals surface area contributed by atoms with Gasteiger partial charge in [0.15, 0.2) is 0 Å². The summed E-state index contributed by atoms with van der Waals surface area (Å²) in [5.41, 5.74) is 2.65. The Morgan fingerprint density at radius 1 is 1.15 bits per heavy atom. The van der Waals surface area contributed by atoms with E-state index in [0.717, 1.165) is 38.6 Å². The third-order valence-electron chi connectivity index (χ3n) is 4.91. The van der Waals surface area contributed by atoms with Crippen molar-refractivity contribution < 1.29 is 13.5 Å². The van der Waals surface area contributed by atoms with Gasteiger partial charge in [-0.25, -0.2) is 9.40 Å². The van der Waals surface area contributed by atoms with Crippen LogP contribution in [0.3, 0.4) is 0 Å². The van der Waals surface area contributed by atoms with E-state index in [4.69, 9.17) is 14.3 Å². The van der Waals surface area contributed by atoms with Crippen molar-refractivity contribution in [2.75, 3.05) is 0 Å². The Labute approximate surface area is 164 Å². The van der Waals surface area contributed by atoms with Gasteiger partial charge in [0.1, 0.15) is 28.8 Å². The van der Waals surface area contributed by atoms with Crippen LogP contribution in [0.5, 0.6) is 5.75 Å². The summed E-state index contributed by atoms with van der Waals surface area (Å²) in [6, 6.07) is 16.3. The molecule has 2 aliphatic heterocycles. The fourth-order valence-corrected chi connectivity index (χ4v) is 4.06. The first-order chi connectivity index (χ1) is 13.1. The number of hydrazone groups is 1.